The first-order valence-electron chi connectivity index (χ1n) is 7.57. The number of hydrogen-bond donors (Lipinski definition) is 0. The summed E-state index contributed by atoms with van der Waals surface area (Å²) in [5.41, 5.74) is 0. The van der Waals surface area contributed by atoms with E-state index in [0.717, 1.165) is 32.8 Å². The van der Waals surface area contributed by atoms with Crippen LogP contribution in [0.15, 0.2) is 0 Å². The first-order chi connectivity index (χ1) is 8.41. The number of rotatable bonds is 14. The van der Waals surface area contributed by atoms with Gasteiger partial charge in [-0.25, -0.2) is 0 Å². The van der Waals surface area contributed by atoms with Crippen molar-refractivity contribution in [2.45, 2.75) is 71.6 Å². The van der Waals surface area contributed by atoms with E-state index >= 15 is 0 Å². The predicted molar refractivity (Wildman–Crippen MR) is 74.5 cm³/mol. The minimum Gasteiger partial charge on any atom is -0.379 e. The lowest BCUT2D eigenvalue weighted by molar-refractivity contribution is 0.0453. The van der Waals surface area contributed by atoms with Crippen molar-refractivity contribution < 1.29 is 9.47 Å². The van der Waals surface area contributed by atoms with Gasteiger partial charge in [-0.1, -0.05) is 58.8 Å². The molecule has 0 saturated heterocycles. The van der Waals surface area contributed by atoms with E-state index in [1.54, 1.807) is 0 Å². The van der Waals surface area contributed by atoms with Crippen LogP contribution in [0.2, 0.25) is 0 Å². The van der Waals surface area contributed by atoms with Crippen LogP contribution >= 0.6 is 0 Å². The molecule has 0 amide bonds. The zero-order chi connectivity index (χ0) is 12.6. The fourth-order valence-electron chi connectivity index (χ4n) is 1.73. The summed E-state index contributed by atoms with van der Waals surface area (Å²) in [6, 6.07) is 0. The highest BCUT2D eigenvalue weighted by molar-refractivity contribution is 4.44. The summed E-state index contributed by atoms with van der Waals surface area (Å²) in [6.45, 7) is 7.76. The van der Waals surface area contributed by atoms with Gasteiger partial charge in [0.15, 0.2) is 0 Å². The molecule has 0 aliphatic rings. The zero-order valence-corrected chi connectivity index (χ0v) is 12.0. The molecule has 2 nitrogen and oxygen atoms in total. The van der Waals surface area contributed by atoms with Crippen LogP contribution in [0.25, 0.3) is 0 Å². The Labute approximate surface area is 108 Å². The van der Waals surface area contributed by atoms with Crippen molar-refractivity contribution in [3.63, 3.8) is 0 Å². The summed E-state index contributed by atoms with van der Waals surface area (Å²) >= 11 is 0. The number of unbranched alkanes of at least 4 members (excludes halogenated alkanes) is 7. The van der Waals surface area contributed by atoms with Crippen molar-refractivity contribution in [1.29, 1.82) is 0 Å². The summed E-state index contributed by atoms with van der Waals surface area (Å²) in [4.78, 5) is 0. The molecule has 0 atom stereocenters. The van der Waals surface area contributed by atoms with Gasteiger partial charge in [-0.2, -0.15) is 0 Å². The quantitative estimate of drug-likeness (QED) is 0.417. The third-order valence-corrected chi connectivity index (χ3v) is 2.91. The fourth-order valence-corrected chi connectivity index (χ4v) is 1.73. The topological polar surface area (TPSA) is 18.5 Å². The summed E-state index contributed by atoms with van der Waals surface area (Å²) in [7, 11) is 0. The van der Waals surface area contributed by atoms with Crippen LogP contribution in [0.5, 0.6) is 0 Å². The van der Waals surface area contributed by atoms with Crippen LogP contribution in [-0.2, 0) is 9.47 Å². The number of ether oxygens (including phenoxy) is 2. The molecule has 0 radical (unpaired) electrons. The van der Waals surface area contributed by atoms with Gasteiger partial charge in [-0.3, -0.25) is 0 Å². The molecule has 2 heteroatoms. The van der Waals surface area contributed by atoms with Gasteiger partial charge in [0.2, 0.25) is 0 Å². The molecule has 0 aromatic rings. The molecular formula is C15H32O2. The SMILES string of the molecule is CCCCCCCCCOCCOCCCC. The Morgan fingerprint density at radius 3 is 1.53 bits per heavy atom. The second-order valence-electron chi connectivity index (χ2n) is 4.70. The first kappa shape index (κ1) is 16.9. The maximum absolute atomic E-state index is 5.52. The maximum Gasteiger partial charge on any atom is 0.0700 e. The lowest BCUT2D eigenvalue weighted by Crippen LogP contribution is -2.06. The molecule has 0 aliphatic heterocycles. The van der Waals surface area contributed by atoms with E-state index in [1.807, 2.05) is 0 Å². The first-order valence-corrected chi connectivity index (χ1v) is 7.57. The Morgan fingerprint density at radius 1 is 0.471 bits per heavy atom. The molecule has 0 fully saturated rings. The summed E-state index contributed by atoms with van der Waals surface area (Å²) < 4.78 is 10.9. The standard InChI is InChI=1S/C15H32O2/c1-3-5-7-8-9-10-11-13-17-15-14-16-12-6-4-2/h3-15H2,1-2H3. The van der Waals surface area contributed by atoms with Crippen molar-refractivity contribution in [2.75, 3.05) is 26.4 Å². The lowest BCUT2D eigenvalue weighted by Gasteiger charge is -2.05. The summed E-state index contributed by atoms with van der Waals surface area (Å²) in [5.74, 6) is 0. The van der Waals surface area contributed by atoms with E-state index in [2.05, 4.69) is 13.8 Å². The molecule has 0 aromatic carbocycles. The molecule has 0 rings (SSSR count). The van der Waals surface area contributed by atoms with E-state index in [0.29, 0.717) is 0 Å². The van der Waals surface area contributed by atoms with Crippen LogP contribution in [0.4, 0.5) is 0 Å². The molecule has 0 N–H and O–H groups in total. The van der Waals surface area contributed by atoms with E-state index in [-0.39, 0.29) is 0 Å². The van der Waals surface area contributed by atoms with Gasteiger partial charge in [0.05, 0.1) is 13.2 Å². The maximum atomic E-state index is 5.52. The normalized spacial score (nSPS) is 10.9. The van der Waals surface area contributed by atoms with Crippen LogP contribution in [0, 0.1) is 0 Å². The number of hydrogen-bond acceptors (Lipinski definition) is 2. The Hall–Kier alpha value is -0.0800. The largest absolute Gasteiger partial charge is 0.379 e. The monoisotopic (exact) mass is 244 g/mol. The minimum atomic E-state index is 0.760. The van der Waals surface area contributed by atoms with Gasteiger partial charge in [0.25, 0.3) is 0 Å². The molecule has 0 spiro atoms. The molecule has 0 bridgehead atoms. The third kappa shape index (κ3) is 15.9. The zero-order valence-electron chi connectivity index (χ0n) is 12.0. The van der Waals surface area contributed by atoms with E-state index in [9.17, 15) is 0 Å². The average Bonchev–Trinajstić information content (AvgIpc) is 2.35. The van der Waals surface area contributed by atoms with Crippen LogP contribution in [0.3, 0.4) is 0 Å². The highest BCUT2D eigenvalue weighted by Gasteiger charge is 1.92. The van der Waals surface area contributed by atoms with Crippen molar-refractivity contribution in [3.05, 3.63) is 0 Å². The van der Waals surface area contributed by atoms with Gasteiger partial charge >= 0.3 is 0 Å². The van der Waals surface area contributed by atoms with E-state index in [1.165, 1.54) is 51.4 Å². The Kier molecular flexibility index (Phi) is 15.8. The van der Waals surface area contributed by atoms with Crippen molar-refractivity contribution in [1.82, 2.24) is 0 Å². The molecular weight excluding hydrogens is 212 g/mol. The third-order valence-electron chi connectivity index (χ3n) is 2.91. The average molecular weight is 244 g/mol. The van der Waals surface area contributed by atoms with Gasteiger partial charge in [0.1, 0.15) is 0 Å². The molecule has 0 saturated carbocycles. The smallest absolute Gasteiger partial charge is 0.0700 e. The minimum absolute atomic E-state index is 0.760. The van der Waals surface area contributed by atoms with Gasteiger partial charge in [0, 0.05) is 13.2 Å². The van der Waals surface area contributed by atoms with Crippen molar-refractivity contribution in [2.24, 2.45) is 0 Å². The van der Waals surface area contributed by atoms with E-state index in [4.69, 9.17) is 9.47 Å². The van der Waals surface area contributed by atoms with E-state index < -0.39 is 0 Å². The second-order valence-corrected chi connectivity index (χ2v) is 4.70. The molecule has 0 heterocycles. The Balaban J connectivity index is 2.85. The highest BCUT2D eigenvalue weighted by atomic mass is 16.5. The summed E-state index contributed by atoms with van der Waals surface area (Å²) in [6.07, 6.45) is 11.8. The molecule has 17 heavy (non-hydrogen) atoms. The highest BCUT2D eigenvalue weighted by Crippen LogP contribution is 2.06. The lowest BCUT2D eigenvalue weighted by atomic mass is 10.1. The van der Waals surface area contributed by atoms with Crippen molar-refractivity contribution >= 4 is 0 Å². The second kappa shape index (κ2) is 15.9. The molecule has 0 unspecified atom stereocenters. The van der Waals surface area contributed by atoms with Gasteiger partial charge < -0.3 is 9.47 Å². The molecule has 0 aliphatic carbocycles. The van der Waals surface area contributed by atoms with Crippen molar-refractivity contribution in [3.8, 4) is 0 Å². The fraction of sp³-hybridized carbons (Fsp3) is 1.00. The van der Waals surface area contributed by atoms with Crippen LogP contribution in [-0.4, -0.2) is 26.4 Å². The molecule has 104 valence electrons. The van der Waals surface area contributed by atoms with Gasteiger partial charge in [-0.15, -0.1) is 0 Å². The van der Waals surface area contributed by atoms with Gasteiger partial charge in [-0.05, 0) is 12.8 Å². The summed E-state index contributed by atoms with van der Waals surface area (Å²) in [5, 5.41) is 0. The molecule has 0 aromatic heterocycles. The van der Waals surface area contributed by atoms with Crippen LogP contribution < -0.4 is 0 Å². The Bertz CT molecular complexity index is 112. The Morgan fingerprint density at radius 2 is 0.941 bits per heavy atom. The van der Waals surface area contributed by atoms with Crippen LogP contribution in [0.1, 0.15) is 71.6 Å². The predicted octanol–water partition coefficient (Wildman–Crippen LogP) is 4.57.